The third-order valence-electron chi connectivity index (χ3n) is 1.81. The van der Waals surface area contributed by atoms with Crippen molar-refractivity contribution in [2.45, 2.75) is 31.7 Å². The van der Waals surface area contributed by atoms with Crippen molar-refractivity contribution in [3.63, 3.8) is 0 Å². The van der Waals surface area contributed by atoms with Gasteiger partial charge in [-0.1, -0.05) is 0 Å². The molecular formula is C8H13ClN2O2. The molecule has 0 aliphatic carbocycles. The summed E-state index contributed by atoms with van der Waals surface area (Å²) in [4.78, 5) is 0. The van der Waals surface area contributed by atoms with E-state index in [1.807, 2.05) is 13.8 Å². The van der Waals surface area contributed by atoms with Crippen LogP contribution in [0.25, 0.3) is 0 Å². The van der Waals surface area contributed by atoms with Crippen LogP contribution >= 0.6 is 11.6 Å². The zero-order valence-corrected chi connectivity index (χ0v) is 8.92. The molecule has 0 radical (unpaired) electrons. The fourth-order valence-electron chi connectivity index (χ4n) is 0.726. The Bertz CT molecular complexity index is 283. The quantitative estimate of drug-likeness (QED) is 0.709. The number of methoxy groups -OCH3 is 1. The highest BCUT2D eigenvalue weighted by molar-refractivity contribution is 6.20. The summed E-state index contributed by atoms with van der Waals surface area (Å²) in [5.41, 5.74) is -0.559. The Morgan fingerprint density at radius 1 is 1.46 bits per heavy atom. The molecule has 1 aromatic rings. The number of rotatable bonds is 3. The molecule has 0 aliphatic rings. The van der Waals surface area contributed by atoms with Gasteiger partial charge >= 0.3 is 0 Å². The van der Waals surface area contributed by atoms with Crippen molar-refractivity contribution in [1.82, 2.24) is 10.2 Å². The number of hydrogen-bond acceptors (Lipinski definition) is 4. The summed E-state index contributed by atoms with van der Waals surface area (Å²) in [5.74, 6) is 0.860. The predicted octanol–water partition coefficient (Wildman–Crippen LogP) is 2.25. The van der Waals surface area contributed by atoms with E-state index in [0.717, 1.165) is 0 Å². The topological polar surface area (TPSA) is 48.2 Å². The highest BCUT2D eigenvalue weighted by atomic mass is 35.5. The monoisotopic (exact) mass is 204 g/mol. The van der Waals surface area contributed by atoms with E-state index in [0.29, 0.717) is 11.8 Å². The Morgan fingerprint density at radius 3 is 2.46 bits per heavy atom. The second-order valence-electron chi connectivity index (χ2n) is 3.28. The number of halogens is 1. The maximum atomic E-state index is 5.77. The number of alkyl halides is 1. The first-order valence-corrected chi connectivity index (χ1v) is 4.44. The van der Waals surface area contributed by atoms with Crippen molar-refractivity contribution in [2.75, 3.05) is 7.11 Å². The van der Waals surface area contributed by atoms with Crippen molar-refractivity contribution in [3.8, 4) is 0 Å². The molecule has 0 fully saturated rings. The highest BCUT2D eigenvalue weighted by Gasteiger charge is 2.27. The Kier molecular flexibility index (Phi) is 2.93. The van der Waals surface area contributed by atoms with Gasteiger partial charge in [0.05, 0.1) is 0 Å². The number of nitrogens with zero attached hydrogens (tertiary/aromatic N) is 2. The van der Waals surface area contributed by atoms with Crippen molar-refractivity contribution >= 4 is 11.6 Å². The van der Waals surface area contributed by atoms with Gasteiger partial charge in [0.15, 0.2) is 0 Å². The maximum absolute atomic E-state index is 5.77. The van der Waals surface area contributed by atoms with Crippen molar-refractivity contribution < 1.29 is 9.15 Å². The van der Waals surface area contributed by atoms with Gasteiger partial charge in [0, 0.05) is 7.11 Å². The Labute approximate surface area is 82.2 Å². The highest BCUT2D eigenvalue weighted by Crippen LogP contribution is 2.25. The van der Waals surface area contributed by atoms with Gasteiger partial charge in [-0.2, -0.15) is 0 Å². The lowest BCUT2D eigenvalue weighted by atomic mass is 10.1. The fraction of sp³-hybridized carbons (Fsp3) is 0.750. The lowest BCUT2D eigenvalue weighted by molar-refractivity contribution is -0.00452. The molecule has 4 nitrogen and oxygen atoms in total. The Hall–Kier alpha value is -0.610. The van der Waals surface area contributed by atoms with Gasteiger partial charge in [0.1, 0.15) is 11.0 Å². The van der Waals surface area contributed by atoms with Crippen LogP contribution in [0.3, 0.4) is 0 Å². The molecule has 0 amide bonds. The summed E-state index contributed by atoms with van der Waals surface area (Å²) in [7, 11) is 1.59. The smallest absolute Gasteiger partial charge is 0.247 e. The first-order valence-electron chi connectivity index (χ1n) is 4.00. The molecule has 13 heavy (non-hydrogen) atoms. The summed E-state index contributed by atoms with van der Waals surface area (Å²) in [6.45, 7) is 5.48. The van der Waals surface area contributed by atoms with Crippen LogP contribution in [-0.2, 0) is 10.3 Å². The molecule has 0 spiro atoms. The van der Waals surface area contributed by atoms with Crippen molar-refractivity contribution in [1.29, 1.82) is 0 Å². The van der Waals surface area contributed by atoms with Crippen LogP contribution in [0, 0.1) is 0 Å². The molecule has 5 heteroatoms. The molecular weight excluding hydrogens is 192 g/mol. The average molecular weight is 205 g/mol. The molecule has 0 saturated carbocycles. The Balaban J connectivity index is 2.91. The molecule has 1 heterocycles. The molecule has 0 saturated heterocycles. The van der Waals surface area contributed by atoms with Crippen LogP contribution in [0.15, 0.2) is 4.42 Å². The first-order chi connectivity index (χ1) is 5.97. The zero-order valence-electron chi connectivity index (χ0n) is 8.17. The lowest BCUT2D eigenvalue weighted by Crippen LogP contribution is -2.19. The van der Waals surface area contributed by atoms with Gasteiger partial charge in [-0.15, -0.1) is 21.8 Å². The van der Waals surface area contributed by atoms with E-state index in [2.05, 4.69) is 10.2 Å². The molecule has 0 aliphatic heterocycles. The summed E-state index contributed by atoms with van der Waals surface area (Å²) >= 11 is 5.77. The molecule has 0 N–H and O–H groups in total. The molecule has 0 aromatic carbocycles. The van der Waals surface area contributed by atoms with Gasteiger partial charge in [-0.25, -0.2) is 0 Å². The van der Waals surface area contributed by atoms with E-state index < -0.39 is 5.60 Å². The zero-order chi connectivity index (χ0) is 10.1. The molecule has 1 aromatic heterocycles. The van der Waals surface area contributed by atoms with Crippen LogP contribution in [0.1, 0.15) is 37.9 Å². The van der Waals surface area contributed by atoms with Crippen LogP contribution in [0.4, 0.5) is 0 Å². The van der Waals surface area contributed by atoms with E-state index in [1.165, 1.54) is 0 Å². The summed E-state index contributed by atoms with van der Waals surface area (Å²) < 4.78 is 10.5. The van der Waals surface area contributed by atoms with E-state index in [4.69, 9.17) is 20.8 Å². The minimum absolute atomic E-state index is 0.270. The third-order valence-corrected chi connectivity index (χ3v) is 1.99. The van der Waals surface area contributed by atoms with Crippen LogP contribution in [0.2, 0.25) is 0 Å². The van der Waals surface area contributed by atoms with Gasteiger partial charge in [0.2, 0.25) is 11.8 Å². The van der Waals surface area contributed by atoms with Crippen molar-refractivity contribution in [3.05, 3.63) is 11.8 Å². The normalized spacial score (nSPS) is 14.5. The summed E-state index contributed by atoms with van der Waals surface area (Å²) in [5, 5.41) is 7.39. The van der Waals surface area contributed by atoms with E-state index in [1.54, 1.807) is 14.0 Å². The second kappa shape index (κ2) is 3.64. The molecule has 0 bridgehead atoms. The van der Waals surface area contributed by atoms with Gasteiger partial charge in [0.25, 0.3) is 0 Å². The van der Waals surface area contributed by atoms with Crippen LogP contribution < -0.4 is 0 Å². The molecule has 1 unspecified atom stereocenters. The van der Waals surface area contributed by atoms with Gasteiger partial charge in [-0.3, -0.25) is 0 Å². The van der Waals surface area contributed by atoms with Crippen molar-refractivity contribution in [2.24, 2.45) is 0 Å². The third kappa shape index (κ3) is 2.19. The van der Waals surface area contributed by atoms with E-state index in [9.17, 15) is 0 Å². The SMILES string of the molecule is COC(C)(C)c1nnc(C(C)Cl)o1. The standard InChI is InChI=1S/C8H13ClN2O2/c1-5(9)6-10-11-7(13-6)8(2,3)12-4/h5H,1-4H3. The van der Waals surface area contributed by atoms with E-state index in [-0.39, 0.29) is 5.38 Å². The largest absolute Gasteiger partial charge is 0.421 e. The molecule has 1 atom stereocenters. The molecule has 1 rings (SSSR count). The Morgan fingerprint density at radius 2 is 2.08 bits per heavy atom. The number of hydrogen-bond donors (Lipinski definition) is 0. The van der Waals surface area contributed by atoms with E-state index >= 15 is 0 Å². The average Bonchev–Trinajstić information content (AvgIpc) is 2.52. The summed E-state index contributed by atoms with van der Waals surface area (Å²) in [6.07, 6.45) is 0. The summed E-state index contributed by atoms with van der Waals surface area (Å²) in [6, 6.07) is 0. The minimum atomic E-state index is -0.559. The molecule has 74 valence electrons. The van der Waals surface area contributed by atoms with Crippen LogP contribution in [0.5, 0.6) is 0 Å². The second-order valence-corrected chi connectivity index (χ2v) is 3.93. The first kappa shape index (κ1) is 10.5. The minimum Gasteiger partial charge on any atom is -0.421 e. The van der Waals surface area contributed by atoms with Gasteiger partial charge in [-0.05, 0) is 20.8 Å². The predicted molar refractivity (Wildman–Crippen MR) is 48.6 cm³/mol. The fourth-order valence-corrected chi connectivity index (χ4v) is 0.814. The van der Waals surface area contributed by atoms with Crippen LogP contribution in [-0.4, -0.2) is 17.3 Å². The maximum Gasteiger partial charge on any atom is 0.247 e. The van der Waals surface area contributed by atoms with Gasteiger partial charge < -0.3 is 9.15 Å². The number of aromatic nitrogens is 2. The number of ether oxygens (including phenoxy) is 1. The lowest BCUT2D eigenvalue weighted by Gasteiger charge is -2.17.